The van der Waals surface area contributed by atoms with Crippen LogP contribution in [0.3, 0.4) is 0 Å². The third-order valence-corrected chi connectivity index (χ3v) is 5.65. The van der Waals surface area contributed by atoms with Crippen molar-refractivity contribution in [2.75, 3.05) is 11.9 Å². The normalized spacial score (nSPS) is 16.2. The lowest BCUT2D eigenvalue weighted by Crippen LogP contribution is -2.39. The number of hydrogen-bond donors (Lipinski definition) is 1. The van der Waals surface area contributed by atoms with E-state index in [0.29, 0.717) is 22.4 Å². The van der Waals surface area contributed by atoms with E-state index < -0.39 is 17.7 Å². The zero-order chi connectivity index (χ0) is 23.0. The topological polar surface area (TPSA) is 49.4 Å². The van der Waals surface area contributed by atoms with Crippen LogP contribution in [-0.4, -0.2) is 23.3 Å². The highest BCUT2D eigenvalue weighted by atomic mass is 19.1. The van der Waals surface area contributed by atoms with Crippen molar-refractivity contribution in [1.29, 1.82) is 0 Å². The summed E-state index contributed by atoms with van der Waals surface area (Å²) in [5.41, 5.74) is 2.85. The highest BCUT2D eigenvalue weighted by Crippen LogP contribution is 2.37. The van der Waals surface area contributed by atoms with E-state index in [4.69, 9.17) is 0 Å². The largest absolute Gasteiger partial charge is 0.324 e. The van der Waals surface area contributed by atoms with Gasteiger partial charge in [-0.05, 0) is 59.0 Å². The van der Waals surface area contributed by atoms with Gasteiger partial charge < -0.3 is 10.2 Å². The lowest BCUT2D eigenvalue weighted by atomic mass is 9.86. The molecule has 0 saturated carbocycles. The molecule has 0 fully saturated rings. The van der Waals surface area contributed by atoms with Crippen molar-refractivity contribution >= 4 is 17.5 Å². The van der Waals surface area contributed by atoms with E-state index in [-0.39, 0.29) is 23.8 Å². The van der Waals surface area contributed by atoms with E-state index in [1.165, 1.54) is 35.2 Å². The van der Waals surface area contributed by atoms with Gasteiger partial charge in [0.2, 0.25) is 5.91 Å². The molecule has 6 heteroatoms. The SMILES string of the molecule is CC(C)(C)c1ccc(C(=O)N2CC(=O)Nc3ccc(F)cc3[C@H]2c2ccc(F)cc2)cc1. The van der Waals surface area contributed by atoms with E-state index in [1.54, 1.807) is 24.3 Å². The Bertz CT molecular complexity index is 1170. The molecule has 1 atom stereocenters. The van der Waals surface area contributed by atoms with E-state index in [1.807, 2.05) is 12.1 Å². The van der Waals surface area contributed by atoms with E-state index in [2.05, 4.69) is 26.1 Å². The maximum Gasteiger partial charge on any atom is 0.255 e. The number of halogens is 2. The fraction of sp³-hybridized carbons (Fsp3) is 0.231. The summed E-state index contributed by atoms with van der Waals surface area (Å²) in [4.78, 5) is 27.6. The number of carbonyl (C=O) groups excluding carboxylic acids is 2. The zero-order valence-corrected chi connectivity index (χ0v) is 18.2. The van der Waals surface area contributed by atoms with E-state index in [0.717, 1.165) is 5.56 Å². The number of nitrogens with zero attached hydrogens (tertiary/aromatic N) is 1. The highest BCUT2D eigenvalue weighted by Gasteiger charge is 2.34. The Morgan fingerprint density at radius 1 is 0.938 bits per heavy atom. The van der Waals surface area contributed by atoms with Crippen molar-refractivity contribution in [2.24, 2.45) is 0 Å². The molecule has 3 aromatic carbocycles. The minimum Gasteiger partial charge on any atom is -0.324 e. The summed E-state index contributed by atoms with van der Waals surface area (Å²) >= 11 is 0. The van der Waals surface area contributed by atoms with Crippen LogP contribution in [0.25, 0.3) is 0 Å². The number of fused-ring (bicyclic) bond motifs is 1. The third kappa shape index (κ3) is 4.26. The van der Waals surface area contributed by atoms with Gasteiger partial charge in [0.1, 0.15) is 18.2 Å². The quantitative estimate of drug-likeness (QED) is 0.583. The smallest absolute Gasteiger partial charge is 0.255 e. The summed E-state index contributed by atoms with van der Waals surface area (Å²) in [6.07, 6.45) is 0. The van der Waals surface area contributed by atoms with Crippen LogP contribution < -0.4 is 5.32 Å². The monoisotopic (exact) mass is 434 g/mol. The predicted molar refractivity (Wildman–Crippen MR) is 119 cm³/mol. The van der Waals surface area contributed by atoms with Gasteiger partial charge in [0.05, 0.1) is 6.04 Å². The van der Waals surface area contributed by atoms with Crippen LogP contribution in [0, 0.1) is 11.6 Å². The zero-order valence-electron chi connectivity index (χ0n) is 18.2. The van der Waals surface area contributed by atoms with Crippen molar-refractivity contribution in [1.82, 2.24) is 4.90 Å². The van der Waals surface area contributed by atoms with Gasteiger partial charge in [-0.3, -0.25) is 9.59 Å². The Morgan fingerprint density at radius 2 is 1.56 bits per heavy atom. The second-order valence-corrected chi connectivity index (χ2v) is 8.99. The standard InChI is InChI=1S/C26H24F2N2O2/c1-26(2,3)18-8-4-17(5-9-18)25(32)30-15-23(31)29-22-13-12-20(28)14-21(22)24(30)16-6-10-19(27)11-7-16/h4-14,24H,15H2,1-3H3,(H,29,31)/t24-/m1/s1. The Kier molecular flexibility index (Phi) is 5.55. The predicted octanol–water partition coefficient (Wildman–Crippen LogP) is 5.45. The van der Waals surface area contributed by atoms with Gasteiger partial charge in [-0.25, -0.2) is 8.78 Å². The molecule has 1 aliphatic rings. The molecule has 1 aliphatic heterocycles. The van der Waals surface area contributed by atoms with Crippen molar-refractivity contribution in [3.63, 3.8) is 0 Å². The number of carbonyl (C=O) groups is 2. The first-order valence-electron chi connectivity index (χ1n) is 10.4. The van der Waals surface area contributed by atoms with Crippen LogP contribution in [-0.2, 0) is 10.2 Å². The highest BCUT2D eigenvalue weighted by molar-refractivity contribution is 6.01. The first-order chi connectivity index (χ1) is 15.1. The summed E-state index contributed by atoms with van der Waals surface area (Å²) in [6, 6.07) is 16.2. The maximum atomic E-state index is 14.2. The summed E-state index contributed by atoms with van der Waals surface area (Å²) in [5, 5.41) is 2.75. The van der Waals surface area contributed by atoms with Gasteiger partial charge in [-0.1, -0.05) is 45.0 Å². The minimum atomic E-state index is -0.768. The molecule has 0 aliphatic carbocycles. The number of benzene rings is 3. The van der Waals surface area contributed by atoms with Crippen LogP contribution in [0.2, 0.25) is 0 Å². The van der Waals surface area contributed by atoms with E-state index in [9.17, 15) is 18.4 Å². The molecule has 2 amide bonds. The Balaban J connectivity index is 1.83. The van der Waals surface area contributed by atoms with Crippen LogP contribution in [0.1, 0.15) is 53.9 Å². The van der Waals surface area contributed by atoms with Gasteiger partial charge in [0.25, 0.3) is 5.91 Å². The average molecular weight is 434 g/mol. The Morgan fingerprint density at radius 3 is 2.19 bits per heavy atom. The molecular formula is C26H24F2N2O2. The minimum absolute atomic E-state index is 0.0722. The second kappa shape index (κ2) is 8.19. The molecule has 1 N–H and O–H groups in total. The van der Waals surface area contributed by atoms with Gasteiger partial charge in [-0.15, -0.1) is 0 Å². The fourth-order valence-electron chi connectivity index (χ4n) is 3.95. The van der Waals surface area contributed by atoms with Crippen LogP contribution in [0.15, 0.2) is 66.7 Å². The van der Waals surface area contributed by atoms with Crippen molar-refractivity contribution < 1.29 is 18.4 Å². The lowest BCUT2D eigenvalue weighted by Gasteiger charge is -2.31. The fourth-order valence-corrected chi connectivity index (χ4v) is 3.95. The van der Waals surface area contributed by atoms with Gasteiger partial charge in [-0.2, -0.15) is 0 Å². The number of nitrogens with one attached hydrogen (secondary N) is 1. The molecule has 0 saturated heterocycles. The van der Waals surface area contributed by atoms with E-state index >= 15 is 0 Å². The Labute approximate surface area is 185 Å². The van der Waals surface area contributed by atoms with Crippen LogP contribution >= 0.6 is 0 Å². The molecule has 0 spiro atoms. The molecule has 0 radical (unpaired) electrons. The van der Waals surface area contributed by atoms with Crippen molar-refractivity contribution in [2.45, 2.75) is 32.2 Å². The van der Waals surface area contributed by atoms with Crippen molar-refractivity contribution in [3.8, 4) is 0 Å². The molecule has 3 aromatic rings. The first-order valence-corrected chi connectivity index (χ1v) is 10.4. The molecule has 0 aromatic heterocycles. The van der Waals surface area contributed by atoms with Gasteiger partial charge >= 0.3 is 0 Å². The van der Waals surface area contributed by atoms with Gasteiger partial charge in [0.15, 0.2) is 0 Å². The lowest BCUT2D eigenvalue weighted by molar-refractivity contribution is -0.117. The number of rotatable bonds is 2. The molecular weight excluding hydrogens is 410 g/mol. The number of anilines is 1. The molecule has 0 unspecified atom stereocenters. The molecule has 0 bridgehead atoms. The first kappa shape index (κ1) is 21.7. The molecule has 4 rings (SSSR count). The van der Waals surface area contributed by atoms with Crippen molar-refractivity contribution in [3.05, 3.63) is 101 Å². The average Bonchev–Trinajstić information content (AvgIpc) is 2.89. The number of amides is 2. The summed E-state index contributed by atoms with van der Waals surface area (Å²) < 4.78 is 27.8. The molecule has 164 valence electrons. The Hall–Kier alpha value is -3.54. The maximum absolute atomic E-state index is 14.2. The molecule has 32 heavy (non-hydrogen) atoms. The third-order valence-electron chi connectivity index (χ3n) is 5.65. The summed E-state index contributed by atoms with van der Waals surface area (Å²) in [6.45, 7) is 6.02. The van der Waals surface area contributed by atoms with Gasteiger partial charge in [0, 0.05) is 16.8 Å². The molecule has 4 nitrogen and oxygen atoms in total. The second-order valence-electron chi connectivity index (χ2n) is 8.99. The molecule has 1 heterocycles. The number of hydrogen-bond acceptors (Lipinski definition) is 2. The summed E-state index contributed by atoms with van der Waals surface area (Å²) in [7, 11) is 0. The van der Waals surface area contributed by atoms with Crippen LogP contribution in [0.5, 0.6) is 0 Å². The van der Waals surface area contributed by atoms with Crippen LogP contribution in [0.4, 0.5) is 14.5 Å². The summed E-state index contributed by atoms with van der Waals surface area (Å²) in [5.74, 6) is -1.67.